The van der Waals surface area contributed by atoms with Gasteiger partial charge in [-0.15, -0.1) is 0 Å². The minimum atomic E-state index is -0.503. The SMILES string of the molecule is C[C@H]1C=C[C@H](C)N(C(=O)OCc2ccccc2)C[C@@H]1NC(=O)OCc1ccccc1. The third-order valence-electron chi connectivity index (χ3n) is 5.17. The summed E-state index contributed by atoms with van der Waals surface area (Å²) >= 11 is 0. The Hall–Kier alpha value is -3.28. The van der Waals surface area contributed by atoms with Crippen molar-refractivity contribution < 1.29 is 19.1 Å². The molecule has 1 heterocycles. The maximum atomic E-state index is 12.7. The van der Waals surface area contributed by atoms with E-state index in [0.717, 1.165) is 11.1 Å². The zero-order valence-corrected chi connectivity index (χ0v) is 17.4. The van der Waals surface area contributed by atoms with E-state index in [0.29, 0.717) is 6.54 Å². The Kier molecular flexibility index (Phi) is 7.49. The lowest BCUT2D eigenvalue weighted by atomic mass is 10.0. The fourth-order valence-corrected chi connectivity index (χ4v) is 3.25. The molecule has 30 heavy (non-hydrogen) atoms. The van der Waals surface area contributed by atoms with E-state index in [9.17, 15) is 9.59 Å². The summed E-state index contributed by atoms with van der Waals surface area (Å²) in [6.07, 6.45) is 3.06. The number of ether oxygens (including phenoxy) is 2. The standard InChI is InChI=1S/C24H28N2O4/c1-18-13-14-19(2)26(24(28)30-17-21-11-7-4-8-12-21)15-22(18)25-23(27)29-16-20-9-5-3-6-10-20/h3-14,18-19,22H,15-17H2,1-2H3,(H,25,27)/t18-,19-,22-/m0/s1. The maximum absolute atomic E-state index is 12.7. The van der Waals surface area contributed by atoms with Crippen LogP contribution in [0.1, 0.15) is 25.0 Å². The van der Waals surface area contributed by atoms with Crippen LogP contribution in [-0.4, -0.2) is 35.7 Å². The van der Waals surface area contributed by atoms with E-state index in [-0.39, 0.29) is 31.2 Å². The summed E-state index contributed by atoms with van der Waals surface area (Å²) in [5.41, 5.74) is 1.84. The minimum absolute atomic E-state index is 0.0450. The summed E-state index contributed by atoms with van der Waals surface area (Å²) in [5.74, 6) is 0.0450. The van der Waals surface area contributed by atoms with Gasteiger partial charge in [-0.3, -0.25) is 4.90 Å². The highest BCUT2D eigenvalue weighted by atomic mass is 16.6. The molecular weight excluding hydrogens is 380 g/mol. The number of hydrogen-bond donors (Lipinski definition) is 1. The maximum Gasteiger partial charge on any atom is 0.410 e. The molecular formula is C24H28N2O4. The van der Waals surface area contributed by atoms with Gasteiger partial charge in [-0.25, -0.2) is 9.59 Å². The highest BCUT2D eigenvalue weighted by molar-refractivity contribution is 5.70. The van der Waals surface area contributed by atoms with Gasteiger partial charge in [0.1, 0.15) is 13.2 Å². The fourth-order valence-electron chi connectivity index (χ4n) is 3.25. The Morgan fingerprint density at radius 1 is 0.900 bits per heavy atom. The monoisotopic (exact) mass is 408 g/mol. The third kappa shape index (κ3) is 6.11. The van der Waals surface area contributed by atoms with Crippen molar-refractivity contribution in [2.24, 2.45) is 5.92 Å². The molecule has 0 fully saturated rings. The number of alkyl carbamates (subject to hydrolysis) is 1. The van der Waals surface area contributed by atoms with Crippen LogP contribution in [0, 0.1) is 5.92 Å². The molecule has 0 spiro atoms. The van der Waals surface area contributed by atoms with Crippen LogP contribution in [0.4, 0.5) is 9.59 Å². The van der Waals surface area contributed by atoms with Gasteiger partial charge in [-0.2, -0.15) is 0 Å². The number of nitrogens with zero attached hydrogens (tertiary/aromatic N) is 1. The first-order chi connectivity index (χ1) is 14.5. The Morgan fingerprint density at radius 2 is 1.47 bits per heavy atom. The summed E-state index contributed by atoms with van der Waals surface area (Å²) in [7, 11) is 0. The molecule has 1 aliphatic heterocycles. The normalized spacial score (nSPS) is 20.9. The van der Waals surface area contributed by atoms with Crippen molar-refractivity contribution in [3.05, 3.63) is 83.9 Å². The molecule has 2 aromatic carbocycles. The lowest BCUT2D eigenvalue weighted by molar-refractivity contribution is 0.0829. The van der Waals surface area contributed by atoms with Crippen LogP contribution in [0.3, 0.4) is 0 Å². The predicted octanol–water partition coefficient (Wildman–Crippen LogP) is 4.51. The van der Waals surface area contributed by atoms with Gasteiger partial charge >= 0.3 is 12.2 Å². The highest BCUT2D eigenvalue weighted by Crippen LogP contribution is 2.18. The molecule has 6 nitrogen and oxygen atoms in total. The van der Waals surface area contributed by atoms with Crippen molar-refractivity contribution in [1.82, 2.24) is 10.2 Å². The molecule has 3 atom stereocenters. The molecule has 2 amide bonds. The van der Waals surface area contributed by atoms with Crippen molar-refractivity contribution in [3.63, 3.8) is 0 Å². The Bertz CT molecular complexity index is 854. The topological polar surface area (TPSA) is 67.9 Å². The zero-order valence-electron chi connectivity index (χ0n) is 17.4. The summed E-state index contributed by atoms with van der Waals surface area (Å²) in [6.45, 7) is 4.68. The fraction of sp³-hybridized carbons (Fsp3) is 0.333. The molecule has 0 saturated carbocycles. The Labute approximate surface area is 177 Å². The Morgan fingerprint density at radius 3 is 2.07 bits per heavy atom. The van der Waals surface area contributed by atoms with E-state index in [4.69, 9.17) is 9.47 Å². The van der Waals surface area contributed by atoms with E-state index in [1.165, 1.54) is 0 Å². The molecule has 0 aliphatic carbocycles. The van der Waals surface area contributed by atoms with Crippen molar-refractivity contribution in [2.45, 2.75) is 39.1 Å². The first-order valence-corrected chi connectivity index (χ1v) is 10.2. The zero-order chi connectivity index (χ0) is 21.3. The van der Waals surface area contributed by atoms with Crippen LogP contribution in [0.5, 0.6) is 0 Å². The van der Waals surface area contributed by atoms with Crippen molar-refractivity contribution in [2.75, 3.05) is 6.54 Å². The van der Waals surface area contributed by atoms with Gasteiger partial charge in [0.15, 0.2) is 0 Å². The first kappa shape index (κ1) is 21.4. The average Bonchev–Trinajstić information content (AvgIpc) is 2.91. The molecule has 1 aliphatic rings. The second-order valence-electron chi connectivity index (χ2n) is 7.49. The van der Waals surface area contributed by atoms with Crippen LogP contribution < -0.4 is 5.32 Å². The van der Waals surface area contributed by atoms with Crippen molar-refractivity contribution in [1.29, 1.82) is 0 Å². The average molecular weight is 408 g/mol. The van der Waals surface area contributed by atoms with Crippen LogP contribution in [0.2, 0.25) is 0 Å². The predicted molar refractivity (Wildman–Crippen MR) is 115 cm³/mol. The van der Waals surface area contributed by atoms with Gasteiger partial charge in [0, 0.05) is 6.54 Å². The summed E-state index contributed by atoms with van der Waals surface area (Å²) in [4.78, 5) is 26.7. The van der Waals surface area contributed by atoms with E-state index in [1.807, 2.05) is 86.7 Å². The second kappa shape index (κ2) is 10.5. The van der Waals surface area contributed by atoms with Gasteiger partial charge in [-0.05, 0) is 24.0 Å². The number of rotatable bonds is 5. The van der Waals surface area contributed by atoms with Gasteiger partial charge in [0.05, 0.1) is 12.1 Å². The largest absolute Gasteiger partial charge is 0.445 e. The second-order valence-corrected chi connectivity index (χ2v) is 7.49. The first-order valence-electron chi connectivity index (χ1n) is 10.2. The lowest BCUT2D eigenvalue weighted by Gasteiger charge is -2.30. The van der Waals surface area contributed by atoms with Gasteiger partial charge < -0.3 is 14.8 Å². The number of carbonyl (C=O) groups is 2. The van der Waals surface area contributed by atoms with Crippen molar-refractivity contribution >= 4 is 12.2 Å². The summed E-state index contributed by atoms with van der Waals surface area (Å²) < 4.78 is 10.8. The molecule has 0 saturated heterocycles. The number of benzene rings is 2. The van der Waals surface area contributed by atoms with E-state index in [2.05, 4.69) is 5.32 Å². The summed E-state index contributed by atoms with van der Waals surface area (Å²) in [6, 6.07) is 18.6. The molecule has 1 N–H and O–H groups in total. The molecule has 0 aromatic heterocycles. The number of carbonyl (C=O) groups excluding carboxylic acids is 2. The molecule has 158 valence electrons. The number of amides is 2. The number of hydrogen-bond acceptors (Lipinski definition) is 4. The van der Waals surface area contributed by atoms with Crippen molar-refractivity contribution in [3.8, 4) is 0 Å². The number of nitrogens with one attached hydrogen (secondary N) is 1. The highest BCUT2D eigenvalue weighted by Gasteiger charge is 2.30. The molecule has 0 radical (unpaired) electrons. The van der Waals surface area contributed by atoms with Crippen LogP contribution in [0.25, 0.3) is 0 Å². The molecule has 6 heteroatoms. The van der Waals surface area contributed by atoms with Gasteiger partial charge in [-0.1, -0.05) is 79.7 Å². The van der Waals surface area contributed by atoms with Crippen LogP contribution >= 0.6 is 0 Å². The quantitative estimate of drug-likeness (QED) is 0.739. The van der Waals surface area contributed by atoms with Gasteiger partial charge in [0.25, 0.3) is 0 Å². The third-order valence-corrected chi connectivity index (χ3v) is 5.17. The molecule has 2 aromatic rings. The minimum Gasteiger partial charge on any atom is -0.445 e. The van der Waals surface area contributed by atoms with E-state index in [1.54, 1.807) is 4.90 Å². The van der Waals surface area contributed by atoms with Crippen LogP contribution in [-0.2, 0) is 22.7 Å². The Balaban J connectivity index is 1.57. The van der Waals surface area contributed by atoms with E-state index >= 15 is 0 Å². The smallest absolute Gasteiger partial charge is 0.410 e. The lowest BCUT2D eigenvalue weighted by Crippen LogP contribution is -2.49. The summed E-state index contributed by atoms with van der Waals surface area (Å²) in [5, 5.41) is 2.90. The molecule has 3 rings (SSSR count). The van der Waals surface area contributed by atoms with Gasteiger partial charge in [0.2, 0.25) is 0 Å². The molecule has 0 unspecified atom stereocenters. The van der Waals surface area contributed by atoms with Crippen LogP contribution in [0.15, 0.2) is 72.8 Å². The van der Waals surface area contributed by atoms with E-state index < -0.39 is 12.2 Å². The molecule has 0 bridgehead atoms.